The fourth-order valence-electron chi connectivity index (χ4n) is 2.75. The van der Waals surface area contributed by atoms with Crippen molar-refractivity contribution in [3.05, 3.63) is 59.8 Å². The van der Waals surface area contributed by atoms with Gasteiger partial charge < -0.3 is 9.32 Å². The Labute approximate surface area is 117 Å². The average molecular weight is 273 g/mol. The number of hydrogen-bond acceptors (Lipinski definition) is 2. The first-order valence-electron chi connectivity index (χ1n) is 6.82. The highest BCUT2D eigenvalue weighted by atomic mass is 19.1. The number of nitrogens with zero attached hydrogens (tertiary/aromatic N) is 1. The highest BCUT2D eigenvalue weighted by molar-refractivity contribution is 5.79. The van der Waals surface area contributed by atoms with E-state index in [9.17, 15) is 9.18 Å². The maximum Gasteiger partial charge on any atom is 0.227 e. The minimum absolute atomic E-state index is 0.00993. The molecule has 0 bridgehead atoms. The van der Waals surface area contributed by atoms with Crippen molar-refractivity contribution in [2.75, 3.05) is 6.54 Å². The van der Waals surface area contributed by atoms with E-state index in [4.69, 9.17) is 4.42 Å². The summed E-state index contributed by atoms with van der Waals surface area (Å²) in [4.78, 5) is 14.2. The molecule has 1 aromatic carbocycles. The monoisotopic (exact) mass is 273 g/mol. The van der Waals surface area contributed by atoms with Crippen molar-refractivity contribution in [3.8, 4) is 0 Å². The molecular formula is C16H16FNO2. The lowest BCUT2D eigenvalue weighted by molar-refractivity contribution is -0.131. The summed E-state index contributed by atoms with van der Waals surface area (Å²) >= 11 is 0. The third kappa shape index (κ3) is 2.46. The zero-order valence-corrected chi connectivity index (χ0v) is 11.1. The van der Waals surface area contributed by atoms with Crippen LogP contribution in [0.25, 0.3) is 0 Å². The standard InChI is InChI=1S/C16H16FNO2/c17-13-6-2-1-5-12(13)11-16(19)18-9-3-7-14(18)15-8-4-10-20-15/h1-2,4-6,8,10,14H,3,7,9,11H2/t14-/m0/s1. The van der Waals surface area contributed by atoms with E-state index in [2.05, 4.69) is 0 Å². The molecule has 0 N–H and O–H groups in total. The molecule has 1 fully saturated rings. The molecule has 3 rings (SSSR count). The topological polar surface area (TPSA) is 33.5 Å². The van der Waals surface area contributed by atoms with E-state index >= 15 is 0 Å². The maximum absolute atomic E-state index is 13.6. The normalized spacial score (nSPS) is 18.4. The minimum Gasteiger partial charge on any atom is -0.467 e. The zero-order valence-electron chi connectivity index (χ0n) is 11.1. The third-order valence-electron chi connectivity index (χ3n) is 3.74. The molecule has 1 aliphatic heterocycles. The second-order valence-corrected chi connectivity index (χ2v) is 5.03. The van der Waals surface area contributed by atoms with Crippen LogP contribution < -0.4 is 0 Å². The Morgan fingerprint density at radius 3 is 2.90 bits per heavy atom. The molecule has 0 unspecified atom stereocenters. The van der Waals surface area contributed by atoms with Gasteiger partial charge >= 0.3 is 0 Å². The van der Waals surface area contributed by atoms with Crippen LogP contribution in [0.3, 0.4) is 0 Å². The van der Waals surface area contributed by atoms with E-state index in [-0.39, 0.29) is 24.2 Å². The van der Waals surface area contributed by atoms with Crippen LogP contribution >= 0.6 is 0 Å². The number of benzene rings is 1. The highest BCUT2D eigenvalue weighted by Gasteiger charge is 2.31. The maximum atomic E-state index is 13.6. The van der Waals surface area contributed by atoms with Gasteiger partial charge in [0.2, 0.25) is 5.91 Å². The van der Waals surface area contributed by atoms with Crippen LogP contribution in [0, 0.1) is 5.82 Å². The first-order chi connectivity index (χ1) is 9.75. The molecule has 1 saturated heterocycles. The van der Waals surface area contributed by atoms with E-state index in [1.807, 2.05) is 12.1 Å². The van der Waals surface area contributed by atoms with Gasteiger partial charge in [-0.2, -0.15) is 0 Å². The molecule has 2 heterocycles. The molecule has 0 saturated carbocycles. The quantitative estimate of drug-likeness (QED) is 0.859. The van der Waals surface area contributed by atoms with Gasteiger partial charge in [-0.25, -0.2) is 4.39 Å². The van der Waals surface area contributed by atoms with Crippen molar-refractivity contribution >= 4 is 5.91 Å². The summed E-state index contributed by atoms with van der Waals surface area (Å²) < 4.78 is 19.0. The molecule has 104 valence electrons. The highest BCUT2D eigenvalue weighted by Crippen LogP contribution is 2.32. The largest absolute Gasteiger partial charge is 0.467 e. The second-order valence-electron chi connectivity index (χ2n) is 5.03. The summed E-state index contributed by atoms with van der Waals surface area (Å²) in [5, 5.41) is 0. The van der Waals surface area contributed by atoms with Gasteiger partial charge in [0.15, 0.2) is 0 Å². The van der Waals surface area contributed by atoms with Gasteiger partial charge in [-0.15, -0.1) is 0 Å². The first kappa shape index (κ1) is 12.9. The van der Waals surface area contributed by atoms with Crippen molar-refractivity contribution < 1.29 is 13.6 Å². The first-order valence-corrected chi connectivity index (χ1v) is 6.82. The lowest BCUT2D eigenvalue weighted by Crippen LogP contribution is -2.31. The Morgan fingerprint density at radius 1 is 1.30 bits per heavy atom. The van der Waals surface area contributed by atoms with E-state index < -0.39 is 0 Å². The summed E-state index contributed by atoms with van der Waals surface area (Å²) in [5.74, 6) is 0.438. The second kappa shape index (κ2) is 5.49. The minimum atomic E-state index is -0.324. The number of hydrogen-bond donors (Lipinski definition) is 0. The summed E-state index contributed by atoms with van der Waals surface area (Å²) in [5.41, 5.74) is 0.447. The number of likely N-dealkylation sites (tertiary alicyclic amines) is 1. The molecule has 0 spiro atoms. The van der Waals surface area contributed by atoms with Crippen LogP contribution in [0.1, 0.15) is 30.2 Å². The van der Waals surface area contributed by atoms with Crippen LogP contribution in [0.15, 0.2) is 47.1 Å². The number of carbonyl (C=O) groups excluding carboxylic acids is 1. The Bertz CT molecular complexity index is 594. The predicted molar refractivity (Wildman–Crippen MR) is 72.5 cm³/mol. The molecule has 2 aromatic rings. The molecule has 1 atom stereocenters. The fourth-order valence-corrected chi connectivity index (χ4v) is 2.75. The van der Waals surface area contributed by atoms with Gasteiger partial charge in [0.1, 0.15) is 11.6 Å². The van der Waals surface area contributed by atoms with Gasteiger partial charge in [-0.3, -0.25) is 4.79 Å². The van der Waals surface area contributed by atoms with Crippen LogP contribution in [0.5, 0.6) is 0 Å². The molecular weight excluding hydrogens is 257 g/mol. The Kier molecular flexibility index (Phi) is 3.54. The number of carbonyl (C=O) groups is 1. The lowest BCUT2D eigenvalue weighted by Gasteiger charge is -2.23. The molecule has 3 nitrogen and oxygen atoms in total. The van der Waals surface area contributed by atoms with Crippen molar-refractivity contribution in [2.45, 2.75) is 25.3 Å². The van der Waals surface area contributed by atoms with E-state index in [0.717, 1.165) is 18.6 Å². The van der Waals surface area contributed by atoms with Crippen LogP contribution in [-0.4, -0.2) is 17.4 Å². The Morgan fingerprint density at radius 2 is 2.15 bits per heavy atom. The SMILES string of the molecule is O=C(Cc1ccccc1F)N1CCC[C@H]1c1ccco1. The smallest absolute Gasteiger partial charge is 0.227 e. The Hall–Kier alpha value is -2.10. The molecule has 0 radical (unpaired) electrons. The molecule has 1 aromatic heterocycles. The number of amides is 1. The van der Waals surface area contributed by atoms with Gasteiger partial charge in [-0.1, -0.05) is 18.2 Å². The van der Waals surface area contributed by atoms with E-state index in [1.165, 1.54) is 6.07 Å². The number of halogens is 1. The fraction of sp³-hybridized carbons (Fsp3) is 0.312. The van der Waals surface area contributed by atoms with Crippen molar-refractivity contribution in [1.82, 2.24) is 4.90 Å². The van der Waals surface area contributed by atoms with Gasteiger partial charge in [0, 0.05) is 6.54 Å². The van der Waals surface area contributed by atoms with E-state index in [0.29, 0.717) is 12.1 Å². The summed E-state index contributed by atoms with van der Waals surface area (Å²) in [7, 11) is 0. The molecule has 20 heavy (non-hydrogen) atoms. The van der Waals surface area contributed by atoms with Crippen LogP contribution in [0.2, 0.25) is 0 Å². The van der Waals surface area contributed by atoms with Crippen molar-refractivity contribution in [2.24, 2.45) is 0 Å². The van der Waals surface area contributed by atoms with Crippen molar-refractivity contribution in [3.63, 3.8) is 0 Å². The zero-order chi connectivity index (χ0) is 13.9. The summed E-state index contributed by atoms with van der Waals surface area (Å²) in [6, 6.07) is 10.1. The predicted octanol–water partition coefficient (Wildman–Crippen LogP) is 3.32. The molecule has 1 amide bonds. The van der Waals surface area contributed by atoms with Crippen LogP contribution in [0.4, 0.5) is 4.39 Å². The summed E-state index contributed by atoms with van der Waals surface area (Å²) in [6.45, 7) is 0.707. The third-order valence-corrected chi connectivity index (χ3v) is 3.74. The van der Waals surface area contributed by atoms with Gasteiger partial charge in [0.05, 0.1) is 18.7 Å². The van der Waals surface area contributed by atoms with Gasteiger partial charge in [0.25, 0.3) is 0 Å². The lowest BCUT2D eigenvalue weighted by atomic mass is 10.1. The molecule has 1 aliphatic rings. The average Bonchev–Trinajstić information content (AvgIpc) is 3.11. The van der Waals surface area contributed by atoms with Crippen molar-refractivity contribution in [1.29, 1.82) is 0 Å². The molecule has 4 heteroatoms. The van der Waals surface area contributed by atoms with Crippen LogP contribution in [-0.2, 0) is 11.2 Å². The molecule has 0 aliphatic carbocycles. The van der Waals surface area contributed by atoms with E-state index in [1.54, 1.807) is 29.4 Å². The number of rotatable bonds is 3. The Balaban J connectivity index is 1.75. The number of furan rings is 1. The summed E-state index contributed by atoms with van der Waals surface area (Å²) in [6.07, 6.45) is 3.57. The van der Waals surface area contributed by atoms with Gasteiger partial charge in [-0.05, 0) is 36.6 Å².